The summed E-state index contributed by atoms with van der Waals surface area (Å²) in [6.07, 6.45) is 1.88. The topological polar surface area (TPSA) is 114 Å². The van der Waals surface area contributed by atoms with Gasteiger partial charge in [0.1, 0.15) is 24.5 Å². The Labute approximate surface area is 185 Å². The van der Waals surface area contributed by atoms with Crippen LogP contribution < -0.4 is 20.7 Å². The highest BCUT2D eigenvalue weighted by Gasteiger charge is 2.13. The van der Waals surface area contributed by atoms with E-state index in [4.69, 9.17) is 9.47 Å². The lowest BCUT2D eigenvalue weighted by Crippen LogP contribution is -2.30. The van der Waals surface area contributed by atoms with Gasteiger partial charge in [-0.1, -0.05) is 24.8 Å². The Morgan fingerprint density at radius 3 is 2.66 bits per heavy atom. The summed E-state index contributed by atoms with van der Waals surface area (Å²) in [4.78, 5) is 32.2. The lowest BCUT2D eigenvalue weighted by atomic mass is 10.1. The molecule has 166 valence electrons. The molecule has 0 fully saturated rings. The van der Waals surface area contributed by atoms with Crippen LogP contribution in [0.5, 0.6) is 5.75 Å². The lowest BCUT2D eigenvalue weighted by Gasteiger charge is -2.15. The molecule has 0 bridgehead atoms. The van der Waals surface area contributed by atoms with E-state index in [1.54, 1.807) is 26.0 Å². The Bertz CT molecular complexity index is 1100. The molecule has 0 saturated carbocycles. The maximum atomic E-state index is 12.0. The van der Waals surface area contributed by atoms with E-state index in [-0.39, 0.29) is 25.2 Å². The molecule has 0 saturated heterocycles. The zero-order valence-electron chi connectivity index (χ0n) is 17.9. The van der Waals surface area contributed by atoms with Crippen LogP contribution in [0.25, 0.3) is 10.9 Å². The van der Waals surface area contributed by atoms with Crippen molar-refractivity contribution in [3.63, 3.8) is 0 Å². The van der Waals surface area contributed by atoms with E-state index < -0.39 is 6.09 Å². The van der Waals surface area contributed by atoms with Crippen molar-refractivity contribution in [3.05, 3.63) is 61.4 Å². The normalized spacial score (nSPS) is 10.5. The number of carbonyl (C=O) groups is 2. The van der Waals surface area contributed by atoms with Gasteiger partial charge in [0.05, 0.1) is 23.9 Å². The largest absolute Gasteiger partial charge is 0.489 e. The van der Waals surface area contributed by atoms with Crippen molar-refractivity contribution >= 4 is 40.1 Å². The highest BCUT2D eigenvalue weighted by Crippen LogP contribution is 2.33. The maximum Gasteiger partial charge on any atom is 0.407 e. The minimum Gasteiger partial charge on any atom is -0.489 e. The van der Waals surface area contributed by atoms with Crippen LogP contribution >= 0.6 is 0 Å². The number of amides is 2. The standard InChI is InChI=1S/C23H25N5O4/c1-4-21(29)28-19-12-17-18(13-20(19)31-11-10-24-23(30)32-15(2)3)25-14-26-22(17)27-16-8-6-5-7-9-16/h4-9,12-15H,1,10-11H2,2-3H3,(H,24,30)(H,28,29)(H,25,26,27). The average Bonchev–Trinajstić information content (AvgIpc) is 2.77. The predicted octanol–water partition coefficient (Wildman–Crippen LogP) is 4.01. The minimum absolute atomic E-state index is 0.163. The zero-order chi connectivity index (χ0) is 22.9. The molecule has 9 nitrogen and oxygen atoms in total. The summed E-state index contributed by atoms with van der Waals surface area (Å²) in [7, 11) is 0. The van der Waals surface area contributed by atoms with Gasteiger partial charge in [0.15, 0.2) is 0 Å². The molecule has 9 heteroatoms. The summed E-state index contributed by atoms with van der Waals surface area (Å²) in [5.74, 6) is 0.596. The van der Waals surface area contributed by atoms with Crippen molar-refractivity contribution in [3.8, 4) is 5.75 Å². The molecule has 2 amide bonds. The molecular formula is C23H25N5O4. The van der Waals surface area contributed by atoms with Gasteiger partial charge in [-0.2, -0.15) is 0 Å². The molecular weight excluding hydrogens is 410 g/mol. The fraction of sp³-hybridized carbons (Fsp3) is 0.217. The molecule has 0 atom stereocenters. The Morgan fingerprint density at radius 1 is 1.16 bits per heavy atom. The third-order valence-electron chi connectivity index (χ3n) is 4.19. The SMILES string of the molecule is C=CC(=O)Nc1cc2c(Nc3ccccc3)ncnc2cc1OCCNC(=O)OC(C)C. The number of para-hydroxylation sites is 1. The van der Waals surface area contributed by atoms with Crippen molar-refractivity contribution in [1.29, 1.82) is 0 Å². The monoisotopic (exact) mass is 435 g/mol. The van der Waals surface area contributed by atoms with Crippen molar-refractivity contribution in [1.82, 2.24) is 15.3 Å². The van der Waals surface area contributed by atoms with Gasteiger partial charge in [-0.15, -0.1) is 0 Å². The second kappa shape index (κ2) is 10.8. The summed E-state index contributed by atoms with van der Waals surface area (Å²) in [5.41, 5.74) is 1.92. The van der Waals surface area contributed by atoms with E-state index in [2.05, 4.69) is 32.5 Å². The van der Waals surface area contributed by atoms with Crippen LogP contribution in [0.4, 0.5) is 22.0 Å². The summed E-state index contributed by atoms with van der Waals surface area (Å²) >= 11 is 0. The Kier molecular flexibility index (Phi) is 7.58. The molecule has 0 aliphatic carbocycles. The van der Waals surface area contributed by atoms with Gasteiger partial charge >= 0.3 is 6.09 Å². The van der Waals surface area contributed by atoms with E-state index in [1.165, 1.54) is 12.4 Å². The van der Waals surface area contributed by atoms with Gasteiger partial charge < -0.3 is 25.4 Å². The zero-order valence-corrected chi connectivity index (χ0v) is 17.9. The first-order valence-corrected chi connectivity index (χ1v) is 10.1. The van der Waals surface area contributed by atoms with Gasteiger partial charge in [0.2, 0.25) is 5.91 Å². The number of nitrogens with zero attached hydrogens (tertiary/aromatic N) is 2. The number of nitrogens with one attached hydrogen (secondary N) is 3. The van der Waals surface area contributed by atoms with Crippen molar-refractivity contribution < 1.29 is 19.1 Å². The van der Waals surface area contributed by atoms with Crippen LogP contribution in [-0.2, 0) is 9.53 Å². The van der Waals surface area contributed by atoms with Gasteiger partial charge in [-0.3, -0.25) is 4.79 Å². The smallest absolute Gasteiger partial charge is 0.407 e. The molecule has 1 heterocycles. The van der Waals surface area contributed by atoms with Crippen LogP contribution in [-0.4, -0.2) is 41.2 Å². The number of fused-ring (bicyclic) bond motifs is 1. The summed E-state index contributed by atoms with van der Waals surface area (Å²) < 4.78 is 10.8. The third-order valence-corrected chi connectivity index (χ3v) is 4.19. The van der Waals surface area contributed by atoms with E-state index in [0.29, 0.717) is 28.2 Å². The first kappa shape index (κ1) is 22.5. The fourth-order valence-electron chi connectivity index (χ4n) is 2.81. The van der Waals surface area contributed by atoms with Crippen LogP contribution in [0, 0.1) is 0 Å². The second-order valence-electron chi connectivity index (χ2n) is 7.00. The number of hydrogen-bond donors (Lipinski definition) is 3. The lowest BCUT2D eigenvalue weighted by molar-refractivity contribution is -0.111. The highest BCUT2D eigenvalue weighted by atomic mass is 16.6. The predicted molar refractivity (Wildman–Crippen MR) is 123 cm³/mol. The van der Waals surface area contributed by atoms with Gasteiger partial charge in [-0.25, -0.2) is 14.8 Å². The number of alkyl carbamates (subject to hydrolysis) is 1. The molecule has 0 aliphatic heterocycles. The molecule has 32 heavy (non-hydrogen) atoms. The van der Waals surface area contributed by atoms with Crippen LogP contribution in [0.3, 0.4) is 0 Å². The first-order valence-electron chi connectivity index (χ1n) is 10.1. The molecule has 0 spiro atoms. The molecule has 0 aliphatic rings. The Morgan fingerprint density at radius 2 is 1.94 bits per heavy atom. The third kappa shape index (κ3) is 6.18. The Balaban J connectivity index is 1.83. The maximum absolute atomic E-state index is 12.0. The first-order chi connectivity index (χ1) is 15.5. The number of ether oxygens (including phenoxy) is 2. The highest BCUT2D eigenvalue weighted by molar-refractivity contribution is 6.03. The molecule has 0 unspecified atom stereocenters. The van der Waals surface area contributed by atoms with Crippen molar-refractivity contribution in [2.24, 2.45) is 0 Å². The number of benzene rings is 2. The molecule has 2 aromatic carbocycles. The molecule has 3 rings (SSSR count). The van der Waals surface area contributed by atoms with Gasteiger partial charge in [-0.05, 0) is 38.1 Å². The Hall–Kier alpha value is -4.14. The fourth-order valence-corrected chi connectivity index (χ4v) is 2.81. The van der Waals surface area contributed by atoms with E-state index in [9.17, 15) is 9.59 Å². The van der Waals surface area contributed by atoms with Crippen molar-refractivity contribution in [2.75, 3.05) is 23.8 Å². The minimum atomic E-state index is -0.522. The van der Waals surface area contributed by atoms with E-state index >= 15 is 0 Å². The van der Waals surface area contributed by atoms with Crippen LogP contribution in [0.15, 0.2) is 61.4 Å². The number of hydrogen-bond acceptors (Lipinski definition) is 7. The second-order valence-corrected chi connectivity index (χ2v) is 7.00. The van der Waals surface area contributed by atoms with Gasteiger partial charge in [0, 0.05) is 17.1 Å². The number of anilines is 3. The summed E-state index contributed by atoms with van der Waals surface area (Å²) in [6.45, 7) is 7.41. The molecule has 1 aromatic heterocycles. The molecule has 3 N–H and O–H groups in total. The van der Waals surface area contributed by atoms with E-state index in [1.807, 2.05) is 30.3 Å². The molecule has 0 radical (unpaired) electrons. The van der Waals surface area contributed by atoms with Crippen molar-refractivity contribution in [2.45, 2.75) is 20.0 Å². The van der Waals surface area contributed by atoms with Crippen LogP contribution in [0.1, 0.15) is 13.8 Å². The summed E-state index contributed by atoms with van der Waals surface area (Å²) in [6, 6.07) is 13.0. The quantitative estimate of drug-likeness (QED) is 0.344. The number of carbonyl (C=O) groups excluding carboxylic acids is 2. The van der Waals surface area contributed by atoms with Gasteiger partial charge in [0.25, 0.3) is 0 Å². The van der Waals surface area contributed by atoms with E-state index in [0.717, 1.165) is 5.69 Å². The molecule has 3 aromatic rings. The number of rotatable bonds is 9. The summed E-state index contributed by atoms with van der Waals surface area (Å²) in [5, 5.41) is 9.30. The van der Waals surface area contributed by atoms with Crippen LogP contribution in [0.2, 0.25) is 0 Å². The number of aromatic nitrogens is 2. The average molecular weight is 435 g/mol.